The Morgan fingerprint density at radius 3 is 2.37 bits per heavy atom. The van der Waals surface area contributed by atoms with Crippen molar-refractivity contribution in [2.45, 2.75) is 23.9 Å². The number of rotatable bonds is 3. The van der Waals surface area contributed by atoms with Crippen LogP contribution in [0.4, 0.5) is 10.1 Å². The lowest BCUT2D eigenvalue weighted by atomic mass is 10.3. The molecule has 2 aromatic rings. The van der Waals surface area contributed by atoms with Crippen LogP contribution < -0.4 is 10.5 Å². The Morgan fingerprint density at radius 2 is 1.79 bits per heavy atom. The highest BCUT2D eigenvalue weighted by molar-refractivity contribution is 7.99. The number of halogens is 1. The Balaban J connectivity index is 2.37. The lowest BCUT2D eigenvalue weighted by Gasteiger charge is -2.08. The summed E-state index contributed by atoms with van der Waals surface area (Å²) in [7, 11) is 1.49. The van der Waals surface area contributed by atoms with Crippen molar-refractivity contribution in [2.75, 3.05) is 12.8 Å². The zero-order chi connectivity index (χ0) is 14.0. The number of hydrogen-bond donors (Lipinski definition) is 1. The van der Waals surface area contributed by atoms with Crippen LogP contribution >= 0.6 is 11.8 Å². The lowest BCUT2D eigenvalue weighted by Crippen LogP contribution is -1.96. The highest BCUT2D eigenvalue weighted by Gasteiger charge is 2.11. The average Bonchev–Trinajstić information content (AvgIpc) is 2.31. The third kappa shape index (κ3) is 3.14. The molecule has 0 aliphatic rings. The Morgan fingerprint density at radius 1 is 1.16 bits per heavy atom. The van der Waals surface area contributed by atoms with E-state index >= 15 is 0 Å². The maximum Gasteiger partial charge on any atom is 0.192 e. The minimum Gasteiger partial charge on any atom is -0.495 e. The monoisotopic (exact) mass is 279 g/mol. The van der Waals surface area contributed by atoms with Crippen LogP contribution in [0.15, 0.2) is 28.3 Å². The van der Waals surface area contributed by atoms with E-state index in [0.29, 0.717) is 15.8 Å². The molecule has 0 saturated carbocycles. The largest absolute Gasteiger partial charge is 0.495 e. The van der Waals surface area contributed by atoms with Crippen LogP contribution in [-0.2, 0) is 0 Å². The predicted octanol–water partition coefficient (Wildman–Crippen LogP) is 2.97. The summed E-state index contributed by atoms with van der Waals surface area (Å²) in [5.41, 5.74) is 7.60. The topological polar surface area (TPSA) is 61.0 Å². The van der Waals surface area contributed by atoms with Crippen LogP contribution in [0.1, 0.15) is 11.4 Å². The maximum absolute atomic E-state index is 13.8. The molecule has 0 aliphatic heterocycles. The molecule has 100 valence electrons. The fourth-order valence-corrected chi connectivity index (χ4v) is 2.54. The average molecular weight is 279 g/mol. The van der Waals surface area contributed by atoms with Gasteiger partial charge in [0.2, 0.25) is 0 Å². The molecule has 6 heteroatoms. The summed E-state index contributed by atoms with van der Waals surface area (Å²) in [5, 5.41) is 0.503. The fourth-order valence-electron chi connectivity index (χ4n) is 1.64. The van der Waals surface area contributed by atoms with E-state index in [1.54, 1.807) is 6.07 Å². The number of nitrogens with two attached hydrogens (primary N) is 1. The molecule has 4 nitrogen and oxygen atoms in total. The quantitative estimate of drug-likeness (QED) is 0.691. The van der Waals surface area contributed by atoms with Gasteiger partial charge in [-0.3, -0.25) is 0 Å². The van der Waals surface area contributed by atoms with Crippen LogP contribution in [0.2, 0.25) is 0 Å². The fraction of sp³-hybridized carbons (Fsp3) is 0.231. The SMILES string of the molecule is COc1cc(Sc2nc(C)cc(C)n2)c(F)cc1N. The van der Waals surface area contributed by atoms with Crippen molar-refractivity contribution in [1.82, 2.24) is 9.97 Å². The summed E-state index contributed by atoms with van der Waals surface area (Å²) in [6.45, 7) is 3.75. The van der Waals surface area contributed by atoms with Gasteiger partial charge in [0, 0.05) is 17.5 Å². The smallest absolute Gasteiger partial charge is 0.192 e. The number of nitrogens with zero attached hydrogens (tertiary/aromatic N) is 2. The number of methoxy groups -OCH3 is 1. The van der Waals surface area contributed by atoms with Crippen molar-refractivity contribution in [3.05, 3.63) is 35.4 Å². The zero-order valence-electron chi connectivity index (χ0n) is 10.9. The Bertz CT molecular complexity index is 599. The summed E-state index contributed by atoms with van der Waals surface area (Å²) in [4.78, 5) is 8.91. The molecule has 1 aromatic heterocycles. The third-order valence-electron chi connectivity index (χ3n) is 2.45. The molecule has 0 fully saturated rings. The second-order valence-electron chi connectivity index (χ2n) is 4.06. The maximum atomic E-state index is 13.8. The lowest BCUT2D eigenvalue weighted by molar-refractivity contribution is 0.414. The Kier molecular flexibility index (Phi) is 3.90. The molecule has 1 heterocycles. The van der Waals surface area contributed by atoms with E-state index in [9.17, 15) is 4.39 Å². The van der Waals surface area contributed by atoms with Crippen molar-refractivity contribution < 1.29 is 9.13 Å². The van der Waals surface area contributed by atoms with Gasteiger partial charge in [-0.05, 0) is 37.7 Å². The van der Waals surface area contributed by atoms with Crippen LogP contribution in [0.25, 0.3) is 0 Å². The summed E-state index contributed by atoms with van der Waals surface area (Å²) in [6, 6.07) is 4.66. The third-order valence-corrected chi connectivity index (χ3v) is 3.35. The number of ether oxygens (including phenoxy) is 1. The van der Waals surface area contributed by atoms with E-state index in [-0.39, 0.29) is 5.69 Å². The second-order valence-corrected chi connectivity index (χ2v) is 5.07. The van der Waals surface area contributed by atoms with Crippen LogP contribution in [0, 0.1) is 19.7 Å². The Labute approximate surface area is 115 Å². The van der Waals surface area contributed by atoms with Gasteiger partial charge >= 0.3 is 0 Å². The van der Waals surface area contributed by atoms with E-state index in [1.165, 1.54) is 13.2 Å². The first-order valence-electron chi connectivity index (χ1n) is 5.62. The summed E-state index contributed by atoms with van der Waals surface area (Å²) < 4.78 is 18.9. The standard InChI is InChI=1S/C13H14FN3OS/c1-7-4-8(2)17-13(16-7)19-12-6-11(18-3)10(15)5-9(12)14/h4-6H,15H2,1-3H3. The van der Waals surface area contributed by atoms with Gasteiger partial charge < -0.3 is 10.5 Å². The molecule has 2 rings (SSSR count). The second kappa shape index (κ2) is 5.44. The molecule has 0 bridgehead atoms. The predicted molar refractivity (Wildman–Crippen MR) is 73.0 cm³/mol. The van der Waals surface area contributed by atoms with E-state index in [0.717, 1.165) is 23.1 Å². The molecular weight excluding hydrogens is 265 g/mol. The Hall–Kier alpha value is -1.82. The normalized spacial score (nSPS) is 10.5. The van der Waals surface area contributed by atoms with Crippen LogP contribution in [0.5, 0.6) is 5.75 Å². The summed E-state index contributed by atoms with van der Waals surface area (Å²) in [5.74, 6) is 0.0272. The first-order chi connectivity index (χ1) is 8.99. The van der Waals surface area contributed by atoms with Gasteiger partial charge in [-0.2, -0.15) is 0 Å². The molecule has 0 saturated heterocycles. The molecule has 0 radical (unpaired) electrons. The molecule has 0 atom stereocenters. The number of hydrogen-bond acceptors (Lipinski definition) is 5. The van der Waals surface area contributed by atoms with Crippen molar-refractivity contribution in [2.24, 2.45) is 0 Å². The van der Waals surface area contributed by atoms with Gasteiger partial charge in [-0.1, -0.05) is 0 Å². The van der Waals surface area contributed by atoms with Gasteiger partial charge in [-0.15, -0.1) is 0 Å². The van der Waals surface area contributed by atoms with Crippen molar-refractivity contribution >= 4 is 17.4 Å². The molecule has 19 heavy (non-hydrogen) atoms. The molecule has 0 amide bonds. The minimum absolute atomic E-state index is 0.269. The van der Waals surface area contributed by atoms with E-state index < -0.39 is 5.82 Å². The first-order valence-corrected chi connectivity index (χ1v) is 6.44. The van der Waals surface area contributed by atoms with Gasteiger partial charge in [-0.25, -0.2) is 14.4 Å². The van der Waals surface area contributed by atoms with Gasteiger partial charge in [0.15, 0.2) is 5.16 Å². The number of benzene rings is 1. The summed E-state index contributed by atoms with van der Waals surface area (Å²) >= 11 is 1.15. The van der Waals surface area contributed by atoms with Crippen molar-refractivity contribution in [3.8, 4) is 5.75 Å². The highest BCUT2D eigenvalue weighted by atomic mass is 32.2. The van der Waals surface area contributed by atoms with Crippen LogP contribution in [0.3, 0.4) is 0 Å². The van der Waals surface area contributed by atoms with Gasteiger partial charge in [0.05, 0.1) is 17.7 Å². The molecular formula is C13H14FN3OS. The van der Waals surface area contributed by atoms with Gasteiger partial charge in [0.1, 0.15) is 11.6 Å². The van der Waals surface area contributed by atoms with Crippen LogP contribution in [-0.4, -0.2) is 17.1 Å². The molecule has 0 aliphatic carbocycles. The first kappa shape index (κ1) is 13.6. The zero-order valence-corrected chi connectivity index (χ0v) is 11.7. The molecule has 1 aromatic carbocycles. The number of aromatic nitrogens is 2. The summed E-state index contributed by atoms with van der Waals surface area (Å²) in [6.07, 6.45) is 0. The van der Waals surface area contributed by atoms with E-state index in [2.05, 4.69) is 9.97 Å². The van der Waals surface area contributed by atoms with Crippen molar-refractivity contribution in [3.63, 3.8) is 0 Å². The highest BCUT2D eigenvalue weighted by Crippen LogP contribution is 2.34. The molecule has 0 spiro atoms. The molecule has 0 unspecified atom stereocenters. The number of nitrogen functional groups attached to an aromatic ring is 1. The number of anilines is 1. The molecule has 2 N–H and O–H groups in total. The van der Waals surface area contributed by atoms with Gasteiger partial charge in [0.25, 0.3) is 0 Å². The minimum atomic E-state index is -0.411. The van der Waals surface area contributed by atoms with E-state index in [1.807, 2.05) is 19.9 Å². The van der Waals surface area contributed by atoms with Crippen molar-refractivity contribution in [1.29, 1.82) is 0 Å². The van der Waals surface area contributed by atoms with E-state index in [4.69, 9.17) is 10.5 Å². The number of aryl methyl sites for hydroxylation is 2.